The standard InChI is InChI=1S/C16H14F3NO2/c1-20(9-10-22-14-8-3-2-5-11(14)17)16(21)15-12(18)6-4-7-13(15)19/h2-8H,9-10H2,1H3. The van der Waals surface area contributed by atoms with E-state index in [0.717, 1.165) is 17.0 Å². The fourth-order valence-electron chi connectivity index (χ4n) is 1.85. The molecule has 116 valence electrons. The molecule has 0 saturated heterocycles. The van der Waals surface area contributed by atoms with Crippen molar-refractivity contribution >= 4 is 5.91 Å². The third-order valence-corrected chi connectivity index (χ3v) is 3.04. The van der Waals surface area contributed by atoms with E-state index in [1.54, 1.807) is 6.07 Å². The first-order valence-electron chi connectivity index (χ1n) is 6.57. The van der Waals surface area contributed by atoms with Gasteiger partial charge in [-0.2, -0.15) is 0 Å². The normalized spacial score (nSPS) is 10.4. The number of rotatable bonds is 5. The van der Waals surface area contributed by atoms with Crippen molar-refractivity contribution in [1.82, 2.24) is 4.90 Å². The largest absolute Gasteiger partial charge is 0.489 e. The third-order valence-electron chi connectivity index (χ3n) is 3.04. The molecule has 3 nitrogen and oxygen atoms in total. The molecule has 0 aliphatic carbocycles. The molecule has 0 bridgehead atoms. The first-order valence-corrected chi connectivity index (χ1v) is 6.57. The van der Waals surface area contributed by atoms with E-state index in [2.05, 4.69) is 0 Å². The lowest BCUT2D eigenvalue weighted by atomic mass is 10.1. The molecule has 0 unspecified atom stereocenters. The summed E-state index contributed by atoms with van der Waals surface area (Å²) in [6.07, 6.45) is 0. The highest BCUT2D eigenvalue weighted by Gasteiger charge is 2.20. The summed E-state index contributed by atoms with van der Waals surface area (Å²) in [7, 11) is 1.39. The monoisotopic (exact) mass is 309 g/mol. The quantitative estimate of drug-likeness (QED) is 0.848. The number of likely N-dealkylation sites (N-methyl/N-ethyl adjacent to an activating group) is 1. The van der Waals surface area contributed by atoms with E-state index >= 15 is 0 Å². The van der Waals surface area contributed by atoms with E-state index in [0.29, 0.717) is 0 Å². The highest BCUT2D eigenvalue weighted by atomic mass is 19.1. The van der Waals surface area contributed by atoms with Crippen LogP contribution in [0.5, 0.6) is 5.75 Å². The molecule has 0 radical (unpaired) electrons. The first kappa shape index (κ1) is 15.9. The Morgan fingerprint density at radius 2 is 1.59 bits per heavy atom. The van der Waals surface area contributed by atoms with Crippen LogP contribution in [-0.4, -0.2) is 31.0 Å². The Bertz CT molecular complexity index is 656. The number of halogens is 3. The van der Waals surface area contributed by atoms with Crippen LogP contribution < -0.4 is 4.74 Å². The molecule has 6 heteroatoms. The zero-order valence-electron chi connectivity index (χ0n) is 11.9. The van der Waals surface area contributed by atoms with E-state index in [9.17, 15) is 18.0 Å². The molecule has 0 atom stereocenters. The van der Waals surface area contributed by atoms with E-state index in [-0.39, 0.29) is 18.9 Å². The summed E-state index contributed by atoms with van der Waals surface area (Å²) in [6, 6.07) is 9.05. The number of carbonyl (C=O) groups excluding carboxylic acids is 1. The number of nitrogens with zero attached hydrogens (tertiary/aromatic N) is 1. The molecule has 0 heterocycles. The maximum Gasteiger partial charge on any atom is 0.259 e. The van der Waals surface area contributed by atoms with Gasteiger partial charge in [-0.05, 0) is 24.3 Å². The van der Waals surface area contributed by atoms with Crippen molar-refractivity contribution in [1.29, 1.82) is 0 Å². The summed E-state index contributed by atoms with van der Waals surface area (Å²) in [6.45, 7) is 0.0557. The molecular weight excluding hydrogens is 295 g/mol. The number of para-hydroxylation sites is 1. The molecule has 0 N–H and O–H groups in total. The van der Waals surface area contributed by atoms with Crippen molar-refractivity contribution in [2.45, 2.75) is 0 Å². The molecule has 22 heavy (non-hydrogen) atoms. The second kappa shape index (κ2) is 6.98. The maximum atomic E-state index is 13.5. The smallest absolute Gasteiger partial charge is 0.259 e. The molecule has 0 fully saturated rings. The Kier molecular flexibility index (Phi) is 5.04. The van der Waals surface area contributed by atoms with Crippen molar-refractivity contribution in [2.75, 3.05) is 20.2 Å². The number of carbonyl (C=O) groups is 1. The van der Waals surface area contributed by atoms with E-state index < -0.39 is 28.9 Å². The van der Waals surface area contributed by atoms with Gasteiger partial charge in [0.15, 0.2) is 11.6 Å². The van der Waals surface area contributed by atoms with Gasteiger partial charge in [0.25, 0.3) is 5.91 Å². The van der Waals surface area contributed by atoms with Crippen LogP contribution in [0.15, 0.2) is 42.5 Å². The summed E-state index contributed by atoms with van der Waals surface area (Å²) >= 11 is 0. The van der Waals surface area contributed by atoms with Gasteiger partial charge < -0.3 is 9.64 Å². The van der Waals surface area contributed by atoms with E-state index in [4.69, 9.17) is 4.74 Å². The van der Waals surface area contributed by atoms with Gasteiger partial charge in [0, 0.05) is 7.05 Å². The van der Waals surface area contributed by atoms with Crippen LogP contribution in [0.25, 0.3) is 0 Å². The summed E-state index contributed by atoms with van der Waals surface area (Å²) in [5.74, 6) is -3.11. The van der Waals surface area contributed by atoms with Crippen LogP contribution >= 0.6 is 0 Å². The number of amides is 1. The summed E-state index contributed by atoms with van der Waals surface area (Å²) in [4.78, 5) is 13.1. The number of hydrogen-bond acceptors (Lipinski definition) is 2. The molecule has 0 spiro atoms. The zero-order valence-corrected chi connectivity index (χ0v) is 11.9. The second-order valence-corrected chi connectivity index (χ2v) is 4.60. The van der Waals surface area contributed by atoms with Crippen LogP contribution in [0.4, 0.5) is 13.2 Å². The Morgan fingerprint density at radius 1 is 1.00 bits per heavy atom. The van der Waals surface area contributed by atoms with Gasteiger partial charge in [-0.1, -0.05) is 18.2 Å². The van der Waals surface area contributed by atoms with Gasteiger partial charge >= 0.3 is 0 Å². The molecule has 0 saturated carbocycles. The van der Waals surface area contributed by atoms with Crippen molar-refractivity contribution in [3.63, 3.8) is 0 Å². The number of ether oxygens (including phenoxy) is 1. The Hall–Kier alpha value is -2.50. The average molecular weight is 309 g/mol. The van der Waals surface area contributed by atoms with Gasteiger partial charge in [-0.15, -0.1) is 0 Å². The van der Waals surface area contributed by atoms with Crippen molar-refractivity contribution in [2.24, 2.45) is 0 Å². The van der Waals surface area contributed by atoms with Gasteiger partial charge in [-0.25, -0.2) is 13.2 Å². The van der Waals surface area contributed by atoms with Crippen LogP contribution in [-0.2, 0) is 0 Å². The fourth-order valence-corrected chi connectivity index (χ4v) is 1.85. The average Bonchev–Trinajstić information content (AvgIpc) is 2.48. The Balaban J connectivity index is 1.96. The second-order valence-electron chi connectivity index (χ2n) is 4.60. The molecule has 2 rings (SSSR count). The lowest BCUT2D eigenvalue weighted by molar-refractivity contribution is 0.0763. The summed E-state index contributed by atoms with van der Waals surface area (Å²) in [5, 5.41) is 0. The topological polar surface area (TPSA) is 29.5 Å². The van der Waals surface area contributed by atoms with Crippen LogP contribution in [0, 0.1) is 17.5 Å². The fraction of sp³-hybridized carbons (Fsp3) is 0.188. The van der Waals surface area contributed by atoms with Gasteiger partial charge in [0.05, 0.1) is 6.54 Å². The minimum Gasteiger partial charge on any atom is -0.489 e. The lowest BCUT2D eigenvalue weighted by Crippen LogP contribution is -2.32. The van der Waals surface area contributed by atoms with Crippen LogP contribution in [0.2, 0.25) is 0 Å². The highest BCUT2D eigenvalue weighted by Crippen LogP contribution is 2.16. The predicted molar refractivity (Wildman–Crippen MR) is 75.2 cm³/mol. The SMILES string of the molecule is CN(CCOc1ccccc1F)C(=O)c1c(F)cccc1F. The van der Waals surface area contributed by atoms with E-state index in [1.165, 1.54) is 31.3 Å². The van der Waals surface area contributed by atoms with Crippen LogP contribution in [0.1, 0.15) is 10.4 Å². The molecule has 0 aliphatic heterocycles. The highest BCUT2D eigenvalue weighted by molar-refractivity contribution is 5.94. The molecular formula is C16H14F3NO2. The van der Waals surface area contributed by atoms with Gasteiger partial charge in [-0.3, -0.25) is 4.79 Å². The van der Waals surface area contributed by atoms with Gasteiger partial charge in [0.1, 0.15) is 23.8 Å². The summed E-state index contributed by atoms with van der Waals surface area (Å²) in [5.41, 5.74) is -0.615. The first-order chi connectivity index (χ1) is 10.5. The maximum absolute atomic E-state index is 13.5. The van der Waals surface area contributed by atoms with Crippen molar-refractivity contribution in [3.05, 3.63) is 65.5 Å². The predicted octanol–water partition coefficient (Wildman–Crippen LogP) is 3.25. The Morgan fingerprint density at radius 3 is 2.23 bits per heavy atom. The summed E-state index contributed by atoms with van der Waals surface area (Å²) < 4.78 is 45.6. The molecule has 2 aromatic carbocycles. The third kappa shape index (κ3) is 3.58. The molecule has 1 amide bonds. The van der Waals surface area contributed by atoms with Gasteiger partial charge in [0.2, 0.25) is 0 Å². The van der Waals surface area contributed by atoms with Crippen molar-refractivity contribution < 1.29 is 22.7 Å². The number of benzene rings is 2. The molecule has 2 aromatic rings. The Labute approximate surface area is 125 Å². The minimum atomic E-state index is -0.924. The zero-order chi connectivity index (χ0) is 16.1. The van der Waals surface area contributed by atoms with E-state index in [1.807, 2.05) is 0 Å². The molecule has 0 aromatic heterocycles. The van der Waals surface area contributed by atoms with Crippen LogP contribution in [0.3, 0.4) is 0 Å². The number of hydrogen-bond donors (Lipinski definition) is 0. The molecule has 0 aliphatic rings. The van der Waals surface area contributed by atoms with Crippen molar-refractivity contribution in [3.8, 4) is 5.75 Å². The minimum absolute atomic E-state index is 0.000749. The lowest BCUT2D eigenvalue weighted by Gasteiger charge is -2.18.